The Kier molecular flexibility index (Phi) is 3.83. The smallest absolute Gasteiger partial charge is 0.238 e. The maximum Gasteiger partial charge on any atom is 0.238 e. The van der Waals surface area contributed by atoms with E-state index in [9.17, 15) is 0 Å². The zero-order valence-electron chi connectivity index (χ0n) is 11.0. The van der Waals surface area contributed by atoms with E-state index in [0.29, 0.717) is 21.9 Å². The van der Waals surface area contributed by atoms with Gasteiger partial charge in [-0.25, -0.2) is 9.97 Å². The average molecular weight is 342 g/mol. The van der Waals surface area contributed by atoms with Crippen molar-refractivity contribution < 1.29 is 4.74 Å². The van der Waals surface area contributed by atoms with Crippen molar-refractivity contribution in [3.05, 3.63) is 65.4 Å². The Balaban J connectivity index is 2.02. The molecule has 5 heteroatoms. The number of benzene rings is 2. The maximum absolute atomic E-state index is 5.90. The van der Waals surface area contributed by atoms with Crippen molar-refractivity contribution in [2.75, 3.05) is 5.73 Å². The number of nitrogens with zero attached hydrogens (tertiary/aromatic N) is 2. The van der Waals surface area contributed by atoms with Crippen LogP contribution >= 0.6 is 15.9 Å². The molecule has 2 N–H and O–H groups in total. The quantitative estimate of drug-likeness (QED) is 0.772. The monoisotopic (exact) mass is 341 g/mol. The van der Waals surface area contributed by atoms with Crippen molar-refractivity contribution in [1.29, 1.82) is 0 Å². The second kappa shape index (κ2) is 5.93. The summed E-state index contributed by atoms with van der Waals surface area (Å²) >= 11 is 3.34. The molecule has 0 aliphatic carbocycles. The highest BCUT2D eigenvalue weighted by molar-refractivity contribution is 9.10. The highest BCUT2D eigenvalue weighted by atomic mass is 79.9. The molecule has 0 radical (unpaired) electrons. The molecule has 0 bridgehead atoms. The van der Waals surface area contributed by atoms with Gasteiger partial charge in [0, 0.05) is 5.56 Å². The number of anilines is 1. The molecule has 0 spiro atoms. The van der Waals surface area contributed by atoms with Crippen LogP contribution in [-0.2, 0) is 0 Å². The first-order valence-corrected chi connectivity index (χ1v) is 7.13. The molecule has 21 heavy (non-hydrogen) atoms. The van der Waals surface area contributed by atoms with Gasteiger partial charge in [0.15, 0.2) is 0 Å². The molecule has 0 unspecified atom stereocenters. The van der Waals surface area contributed by atoms with Crippen LogP contribution in [0.15, 0.2) is 65.4 Å². The summed E-state index contributed by atoms with van der Waals surface area (Å²) in [5.41, 5.74) is 7.81. The summed E-state index contributed by atoms with van der Waals surface area (Å²) < 4.78 is 6.45. The van der Waals surface area contributed by atoms with Crippen molar-refractivity contribution in [3.63, 3.8) is 0 Å². The van der Waals surface area contributed by atoms with Gasteiger partial charge in [0.05, 0.1) is 0 Å². The van der Waals surface area contributed by atoms with Crippen LogP contribution in [0, 0.1) is 0 Å². The second-order valence-electron chi connectivity index (χ2n) is 4.34. The van der Waals surface area contributed by atoms with Crippen LogP contribution < -0.4 is 10.5 Å². The van der Waals surface area contributed by atoms with Crippen LogP contribution in [0.4, 0.5) is 5.82 Å². The molecule has 0 fully saturated rings. The number of hydrogen-bond donors (Lipinski definition) is 1. The molecule has 2 aromatic carbocycles. The van der Waals surface area contributed by atoms with E-state index in [1.54, 1.807) is 0 Å². The number of para-hydroxylation sites is 1. The largest absolute Gasteiger partial charge is 0.437 e. The van der Waals surface area contributed by atoms with Gasteiger partial charge in [-0.1, -0.05) is 48.5 Å². The number of hydrogen-bond acceptors (Lipinski definition) is 4. The lowest BCUT2D eigenvalue weighted by molar-refractivity contribution is 0.460. The summed E-state index contributed by atoms with van der Waals surface area (Å²) in [6.07, 6.45) is 1.38. The molecule has 0 atom stereocenters. The summed E-state index contributed by atoms with van der Waals surface area (Å²) in [6, 6.07) is 17.8. The second-order valence-corrected chi connectivity index (χ2v) is 5.14. The lowest BCUT2D eigenvalue weighted by Gasteiger charge is -2.11. The predicted octanol–water partition coefficient (Wildman–Crippen LogP) is 4.28. The van der Waals surface area contributed by atoms with Crippen LogP contribution in [0.2, 0.25) is 0 Å². The Bertz CT molecular complexity index is 762. The molecule has 1 heterocycles. The van der Waals surface area contributed by atoms with Crippen LogP contribution in [0.5, 0.6) is 11.6 Å². The fraction of sp³-hybridized carbons (Fsp3) is 0. The van der Waals surface area contributed by atoms with Crippen LogP contribution in [-0.4, -0.2) is 9.97 Å². The summed E-state index contributed by atoms with van der Waals surface area (Å²) in [4.78, 5) is 8.01. The molecule has 0 saturated carbocycles. The van der Waals surface area contributed by atoms with Crippen molar-refractivity contribution in [2.45, 2.75) is 0 Å². The van der Waals surface area contributed by atoms with E-state index in [-0.39, 0.29) is 0 Å². The number of aromatic nitrogens is 2. The fourth-order valence-corrected chi connectivity index (χ4v) is 2.24. The SMILES string of the molecule is Nc1ncnc(Oc2ccccc2-c2ccccc2)c1Br. The van der Waals surface area contributed by atoms with Gasteiger partial charge in [-0.2, -0.15) is 0 Å². The van der Waals surface area contributed by atoms with E-state index >= 15 is 0 Å². The zero-order valence-corrected chi connectivity index (χ0v) is 12.6. The minimum atomic E-state index is 0.345. The third-order valence-corrected chi connectivity index (χ3v) is 3.71. The van der Waals surface area contributed by atoms with Gasteiger partial charge in [0.2, 0.25) is 5.88 Å². The summed E-state index contributed by atoms with van der Waals surface area (Å²) in [6.45, 7) is 0. The average Bonchev–Trinajstić information content (AvgIpc) is 2.53. The summed E-state index contributed by atoms with van der Waals surface area (Å²) in [7, 11) is 0. The number of halogens is 1. The van der Waals surface area contributed by atoms with Gasteiger partial charge in [-0.05, 0) is 27.6 Å². The molecule has 0 aliphatic rings. The van der Waals surface area contributed by atoms with Crippen molar-refractivity contribution >= 4 is 21.7 Å². The van der Waals surface area contributed by atoms with E-state index in [1.807, 2.05) is 54.6 Å². The van der Waals surface area contributed by atoms with Crippen molar-refractivity contribution in [2.24, 2.45) is 0 Å². The molecule has 3 rings (SSSR count). The summed E-state index contributed by atoms with van der Waals surface area (Å²) in [5.74, 6) is 1.45. The van der Waals surface area contributed by atoms with Crippen molar-refractivity contribution in [1.82, 2.24) is 9.97 Å². The third kappa shape index (κ3) is 2.87. The van der Waals surface area contributed by atoms with Gasteiger partial charge in [0.25, 0.3) is 0 Å². The number of nitrogens with two attached hydrogens (primary N) is 1. The van der Waals surface area contributed by atoms with E-state index in [0.717, 1.165) is 11.1 Å². The lowest BCUT2D eigenvalue weighted by atomic mass is 10.1. The molecule has 0 amide bonds. The highest BCUT2D eigenvalue weighted by Gasteiger charge is 2.11. The molecule has 0 aliphatic heterocycles. The number of rotatable bonds is 3. The standard InChI is InChI=1S/C16H12BrN3O/c17-14-15(18)19-10-20-16(14)21-13-9-5-4-8-12(13)11-6-2-1-3-7-11/h1-10H,(H2,18,19,20). The van der Waals surface area contributed by atoms with Crippen LogP contribution in [0.25, 0.3) is 11.1 Å². The first-order chi connectivity index (χ1) is 10.3. The molecule has 3 aromatic rings. The van der Waals surface area contributed by atoms with Crippen LogP contribution in [0.3, 0.4) is 0 Å². The minimum Gasteiger partial charge on any atom is -0.437 e. The van der Waals surface area contributed by atoms with E-state index in [1.165, 1.54) is 6.33 Å². The van der Waals surface area contributed by atoms with E-state index < -0.39 is 0 Å². The summed E-state index contributed by atoms with van der Waals surface area (Å²) in [5, 5.41) is 0. The third-order valence-electron chi connectivity index (χ3n) is 2.96. The molecule has 0 saturated heterocycles. The Labute approximate surface area is 130 Å². The zero-order chi connectivity index (χ0) is 14.7. The molecule has 104 valence electrons. The molecular weight excluding hydrogens is 330 g/mol. The minimum absolute atomic E-state index is 0.345. The first kappa shape index (κ1) is 13.6. The highest BCUT2D eigenvalue weighted by Crippen LogP contribution is 2.35. The van der Waals surface area contributed by atoms with E-state index in [4.69, 9.17) is 10.5 Å². The first-order valence-electron chi connectivity index (χ1n) is 6.34. The molecular formula is C16H12BrN3O. The van der Waals surface area contributed by atoms with Gasteiger partial charge >= 0.3 is 0 Å². The Morgan fingerprint density at radius 1 is 0.905 bits per heavy atom. The topological polar surface area (TPSA) is 61.0 Å². The fourth-order valence-electron chi connectivity index (χ4n) is 1.95. The molecule has 4 nitrogen and oxygen atoms in total. The lowest BCUT2D eigenvalue weighted by Crippen LogP contribution is -1.97. The van der Waals surface area contributed by atoms with E-state index in [2.05, 4.69) is 25.9 Å². The van der Waals surface area contributed by atoms with Crippen molar-refractivity contribution in [3.8, 4) is 22.8 Å². The number of nitrogen functional groups attached to an aromatic ring is 1. The van der Waals surface area contributed by atoms with Gasteiger partial charge in [0.1, 0.15) is 22.4 Å². The predicted molar refractivity (Wildman–Crippen MR) is 86.1 cm³/mol. The number of ether oxygens (including phenoxy) is 1. The molecule has 1 aromatic heterocycles. The van der Waals surface area contributed by atoms with Gasteiger partial charge in [-0.3, -0.25) is 0 Å². The normalized spacial score (nSPS) is 10.3. The Morgan fingerprint density at radius 3 is 2.43 bits per heavy atom. The van der Waals surface area contributed by atoms with Crippen LogP contribution in [0.1, 0.15) is 0 Å². The Morgan fingerprint density at radius 2 is 1.62 bits per heavy atom. The Hall–Kier alpha value is -2.40. The van der Waals surface area contributed by atoms with Gasteiger partial charge < -0.3 is 10.5 Å². The van der Waals surface area contributed by atoms with Gasteiger partial charge in [-0.15, -0.1) is 0 Å². The maximum atomic E-state index is 5.90.